The first kappa shape index (κ1) is 8.20. The second-order valence-corrected chi connectivity index (χ2v) is 5.13. The summed E-state index contributed by atoms with van der Waals surface area (Å²) in [5.41, 5.74) is 3.72. The fourth-order valence-electron chi connectivity index (χ4n) is 1.20. The highest BCUT2D eigenvalue weighted by Gasteiger charge is 2.04. The van der Waals surface area contributed by atoms with Crippen LogP contribution >= 0.6 is 27.3 Å². The van der Waals surface area contributed by atoms with E-state index in [4.69, 9.17) is 0 Å². The van der Waals surface area contributed by atoms with E-state index in [9.17, 15) is 0 Å². The van der Waals surface area contributed by atoms with Crippen molar-refractivity contribution in [3.63, 3.8) is 0 Å². The van der Waals surface area contributed by atoms with E-state index in [1.54, 1.807) is 11.3 Å². The average Bonchev–Trinajstić information content (AvgIpc) is 2.39. The second-order valence-electron chi connectivity index (χ2n) is 2.82. The molecule has 0 bridgehead atoms. The molecule has 0 unspecified atom stereocenters. The number of nitrogens with zero attached hydrogens (tertiary/aromatic N) is 1. The molecular weight excluding hydrogens is 234 g/mol. The van der Waals surface area contributed by atoms with E-state index < -0.39 is 0 Å². The Kier molecular flexibility index (Phi) is 1.93. The smallest absolute Gasteiger partial charge is 0.160 e. The fraction of sp³-hybridized carbons (Fsp3) is 0.222. The minimum atomic E-state index is 0.964. The first-order valence-corrected chi connectivity index (χ1v) is 5.31. The van der Waals surface area contributed by atoms with Crippen LogP contribution in [-0.4, -0.2) is 4.98 Å². The lowest BCUT2D eigenvalue weighted by Gasteiger charge is -1.97. The van der Waals surface area contributed by atoms with Crippen molar-refractivity contribution < 1.29 is 0 Å². The third-order valence-corrected chi connectivity index (χ3v) is 3.53. The van der Waals surface area contributed by atoms with Gasteiger partial charge in [-0.1, -0.05) is 6.07 Å². The summed E-state index contributed by atoms with van der Waals surface area (Å²) in [6.45, 7) is 4.23. The Bertz CT molecular complexity index is 433. The van der Waals surface area contributed by atoms with E-state index in [1.807, 2.05) is 0 Å². The number of aryl methyl sites for hydroxylation is 2. The minimum Gasteiger partial charge on any atom is -0.229 e. The van der Waals surface area contributed by atoms with Gasteiger partial charge in [-0.15, -0.1) is 11.3 Å². The van der Waals surface area contributed by atoms with Crippen LogP contribution in [0.2, 0.25) is 0 Å². The SMILES string of the molecule is Cc1ccc2sc(Br)nc2c1C. The number of hydrogen-bond donors (Lipinski definition) is 0. The molecule has 12 heavy (non-hydrogen) atoms. The van der Waals surface area contributed by atoms with E-state index in [1.165, 1.54) is 15.8 Å². The fourth-order valence-corrected chi connectivity index (χ4v) is 2.65. The van der Waals surface area contributed by atoms with Gasteiger partial charge in [-0.2, -0.15) is 0 Å². The summed E-state index contributed by atoms with van der Waals surface area (Å²) in [5.74, 6) is 0. The Morgan fingerprint density at radius 2 is 2.08 bits per heavy atom. The van der Waals surface area contributed by atoms with Gasteiger partial charge in [0.05, 0.1) is 10.2 Å². The predicted octanol–water partition coefficient (Wildman–Crippen LogP) is 3.68. The first-order chi connectivity index (χ1) is 5.68. The van der Waals surface area contributed by atoms with Crippen LogP contribution < -0.4 is 0 Å². The Morgan fingerprint density at radius 1 is 1.33 bits per heavy atom. The van der Waals surface area contributed by atoms with Crippen LogP contribution in [0, 0.1) is 13.8 Å². The van der Waals surface area contributed by atoms with E-state index in [0.29, 0.717) is 0 Å². The largest absolute Gasteiger partial charge is 0.229 e. The summed E-state index contributed by atoms with van der Waals surface area (Å²) >= 11 is 5.07. The Morgan fingerprint density at radius 3 is 2.83 bits per heavy atom. The zero-order valence-electron chi connectivity index (χ0n) is 6.89. The molecule has 0 aliphatic carbocycles. The van der Waals surface area contributed by atoms with Crippen molar-refractivity contribution in [3.05, 3.63) is 27.2 Å². The monoisotopic (exact) mass is 241 g/mol. The van der Waals surface area contributed by atoms with Gasteiger partial charge in [-0.3, -0.25) is 0 Å². The molecule has 0 fully saturated rings. The third-order valence-electron chi connectivity index (χ3n) is 2.06. The van der Waals surface area contributed by atoms with Gasteiger partial charge in [0.1, 0.15) is 0 Å². The highest BCUT2D eigenvalue weighted by atomic mass is 79.9. The van der Waals surface area contributed by atoms with Gasteiger partial charge >= 0.3 is 0 Å². The van der Waals surface area contributed by atoms with Gasteiger partial charge in [0.25, 0.3) is 0 Å². The maximum atomic E-state index is 4.41. The van der Waals surface area contributed by atoms with Crippen molar-refractivity contribution in [2.24, 2.45) is 0 Å². The van der Waals surface area contributed by atoms with Crippen LogP contribution in [-0.2, 0) is 0 Å². The molecule has 1 nitrogen and oxygen atoms in total. The van der Waals surface area contributed by atoms with Gasteiger partial charge in [0, 0.05) is 0 Å². The molecule has 3 heteroatoms. The zero-order chi connectivity index (χ0) is 8.72. The van der Waals surface area contributed by atoms with Crippen LogP contribution in [0.4, 0.5) is 0 Å². The molecular formula is C9H8BrNS. The zero-order valence-corrected chi connectivity index (χ0v) is 9.29. The maximum Gasteiger partial charge on any atom is 0.160 e. The Hall–Kier alpha value is -0.410. The minimum absolute atomic E-state index is 0.964. The molecule has 2 aromatic rings. The number of halogens is 1. The Balaban J connectivity index is 2.89. The molecule has 2 rings (SSSR count). The van der Waals surface area contributed by atoms with Crippen LogP contribution in [0.3, 0.4) is 0 Å². The molecule has 0 radical (unpaired) electrons. The number of benzene rings is 1. The summed E-state index contributed by atoms with van der Waals surface area (Å²) in [6.07, 6.45) is 0. The van der Waals surface area contributed by atoms with E-state index in [2.05, 4.69) is 46.9 Å². The molecule has 0 saturated carbocycles. The first-order valence-electron chi connectivity index (χ1n) is 3.71. The molecule has 62 valence electrons. The molecule has 0 atom stereocenters. The van der Waals surface area contributed by atoms with Crippen molar-refractivity contribution in [2.75, 3.05) is 0 Å². The summed E-state index contributed by atoms with van der Waals surface area (Å²) in [7, 11) is 0. The number of rotatable bonds is 0. The van der Waals surface area contributed by atoms with Crippen LogP contribution in [0.25, 0.3) is 10.2 Å². The van der Waals surface area contributed by atoms with Gasteiger partial charge in [-0.25, -0.2) is 4.98 Å². The number of hydrogen-bond acceptors (Lipinski definition) is 2. The van der Waals surface area contributed by atoms with E-state index in [-0.39, 0.29) is 0 Å². The Labute approximate surface area is 83.6 Å². The van der Waals surface area contributed by atoms with Crippen molar-refractivity contribution in [3.8, 4) is 0 Å². The second kappa shape index (κ2) is 2.82. The normalized spacial score (nSPS) is 10.9. The van der Waals surface area contributed by atoms with Crippen LogP contribution in [0.1, 0.15) is 11.1 Å². The molecule has 0 N–H and O–H groups in total. The number of aromatic nitrogens is 1. The highest BCUT2D eigenvalue weighted by molar-refractivity contribution is 9.11. The summed E-state index contributed by atoms with van der Waals surface area (Å²) in [6, 6.07) is 4.27. The molecule has 0 saturated heterocycles. The van der Waals surface area contributed by atoms with Crippen molar-refractivity contribution >= 4 is 37.5 Å². The molecule has 1 heterocycles. The van der Waals surface area contributed by atoms with Crippen molar-refractivity contribution in [1.29, 1.82) is 0 Å². The quantitative estimate of drug-likeness (QED) is 0.686. The molecule has 1 aromatic heterocycles. The van der Waals surface area contributed by atoms with Crippen LogP contribution in [0.5, 0.6) is 0 Å². The van der Waals surface area contributed by atoms with E-state index >= 15 is 0 Å². The van der Waals surface area contributed by atoms with Gasteiger partial charge in [0.2, 0.25) is 0 Å². The van der Waals surface area contributed by atoms with E-state index in [0.717, 1.165) is 9.43 Å². The predicted molar refractivity (Wildman–Crippen MR) is 56.8 cm³/mol. The molecule has 0 aliphatic rings. The molecule has 1 aromatic carbocycles. The molecule has 0 aliphatic heterocycles. The van der Waals surface area contributed by atoms with Gasteiger partial charge in [-0.05, 0) is 47.0 Å². The van der Waals surface area contributed by atoms with Gasteiger partial charge in [0.15, 0.2) is 3.92 Å². The lowest BCUT2D eigenvalue weighted by Crippen LogP contribution is -1.81. The lowest BCUT2D eigenvalue weighted by atomic mass is 10.1. The highest BCUT2D eigenvalue weighted by Crippen LogP contribution is 2.29. The number of fused-ring (bicyclic) bond motifs is 1. The standard InChI is InChI=1S/C9H8BrNS/c1-5-3-4-7-8(6(5)2)11-9(10)12-7/h3-4H,1-2H3. The molecule has 0 amide bonds. The summed E-state index contributed by atoms with van der Waals surface area (Å²) in [4.78, 5) is 4.41. The molecule has 0 spiro atoms. The van der Waals surface area contributed by atoms with Crippen molar-refractivity contribution in [1.82, 2.24) is 4.98 Å². The summed E-state index contributed by atoms with van der Waals surface area (Å²) < 4.78 is 2.22. The van der Waals surface area contributed by atoms with Crippen molar-refractivity contribution in [2.45, 2.75) is 13.8 Å². The number of thiazole rings is 1. The van der Waals surface area contributed by atoms with Crippen LogP contribution in [0.15, 0.2) is 16.0 Å². The maximum absolute atomic E-state index is 4.41. The lowest BCUT2D eigenvalue weighted by molar-refractivity contribution is 1.33. The summed E-state index contributed by atoms with van der Waals surface area (Å²) in [5, 5.41) is 0. The average molecular weight is 242 g/mol. The third kappa shape index (κ3) is 1.17. The topological polar surface area (TPSA) is 12.9 Å². The van der Waals surface area contributed by atoms with Gasteiger partial charge < -0.3 is 0 Å².